The Morgan fingerprint density at radius 2 is 1.84 bits per heavy atom. The van der Waals surface area contributed by atoms with E-state index in [1.807, 2.05) is 36.4 Å². The number of methoxy groups -OCH3 is 1. The smallest absolute Gasteiger partial charge is 0.146 e. The molecule has 2 nitrogen and oxygen atoms in total. The Kier molecular flexibility index (Phi) is 5.13. The Hall–Kier alpha value is -0.710. The fourth-order valence-electron chi connectivity index (χ4n) is 1.52. The molecule has 2 rings (SSSR count). The lowest BCUT2D eigenvalue weighted by atomic mass is 10.2. The summed E-state index contributed by atoms with van der Waals surface area (Å²) in [6.45, 7) is 0. The standard InChI is InChI=1S/C14H11Br2ClO2/c1-18-10-3-5-13(11(16)7-10)19-14-4-2-9(8-15)6-12(14)17/h2-7H,8H2,1H3. The minimum atomic E-state index is 0.583. The first kappa shape index (κ1) is 14.7. The number of halogens is 3. The highest BCUT2D eigenvalue weighted by molar-refractivity contribution is 9.10. The predicted octanol–water partition coefficient (Wildman–Crippen LogP) is 5.80. The van der Waals surface area contributed by atoms with E-state index < -0.39 is 0 Å². The maximum absolute atomic E-state index is 6.18. The molecule has 5 heteroatoms. The molecule has 0 aliphatic carbocycles. The molecule has 2 aromatic rings. The average Bonchev–Trinajstić information content (AvgIpc) is 2.42. The zero-order chi connectivity index (χ0) is 13.8. The number of benzene rings is 2. The molecule has 0 saturated heterocycles. The van der Waals surface area contributed by atoms with Crippen molar-refractivity contribution in [1.82, 2.24) is 0 Å². The van der Waals surface area contributed by atoms with E-state index in [-0.39, 0.29) is 0 Å². The lowest BCUT2D eigenvalue weighted by Crippen LogP contribution is -1.89. The third-order valence-corrected chi connectivity index (χ3v) is 4.07. The van der Waals surface area contributed by atoms with Gasteiger partial charge < -0.3 is 9.47 Å². The minimum Gasteiger partial charge on any atom is -0.497 e. The maximum Gasteiger partial charge on any atom is 0.146 e. The van der Waals surface area contributed by atoms with Crippen LogP contribution in [0.25, 0.3) is 0 Å². The molecular weight excluding hydrogens is 395 g/mol. The molecular formula is C14H11Br2ClO2. The summed E-state index contributed by atoms with van der Waals surface area (Å²) in [5.41, 5.74) is 1.10. The van der Waals surface area contributed by atoms with Crippen LogP contribution >= 0.6 is 43.5 Å². The van der Waals surface area contributed by atoms with Crippen molar-refractivity contribution in [3.05, 3.63) is 51.5 Å². The molecule has 0 heterocycles. The second-order valence-electron chi connectivity index (χ2n) is 3.80. The zero-order valence-corrected chi connectivity index (χ0v) is 14.0. The summed E-state index contributed by atoms with van der Waals surface area (Å²) in [5.74, 6) is 2.08. The van der Waals surface area contributed by atoms with Crippen molar-refractivity contribution in [3.8, 4) is 17.2 Å². The Balaban J connectivity index is 2.26. The van der Waals surface area contributed by atoms with Gasteiger partial charge in [0.05, 0.1) is 16.6 Å². The summed E-state index contributed by atoms with van der Waals surface area (Å²) >= 11 is 13.0. The molecule has 0 atom stereocenters. The molecule has 19 heavy (non-hydrogen) atoms. The van der Waals surface area contributed by atoms with Crippen molar-refractivity contribution < 1.29 is 9.47 Å². The molecule has 0 aliphatic heterocycles. The lowest BCUT2D eigenvalue weighted by molar-refractivity contribution is 0.412. The third kappa shape index (κ3) is 3.65. The van der Waals surface area contributed by atoms with Gasteiger partial charge in [-0.15, -0.1) is 0 Å². The largest absolute Gasteiger partial charge is 0.497 e. The topological polar surface area (TPSA) is 18.5 Å². The van der Waals surface area contributed by atoms with E-state index in [2.05, 4.69) is 31.9 Å². The van der Waals surface area contributed by atoms with Crippen LogP contribution < -0.4 is 9.47 Å². The van der Waals surface area contributed by atoms with E-state index in [4.69, 9.17) is 21.1 Å². The van der Waals surface area contributed by atoms with Gasteiger partial charge in [-0.1, -0.05) is 33.6 Å². The van der Waals surface area contributed by atoms with Crippen LogP contribution in [0.1, 0.15) is 5.56 Å². The zero-order valence-electron chi connectivity index (χ0n) is 10.1. The number of rotatable bonds is 4. The van der Waals surface area contributed by atoms with Gasteiger partial charge in [-0.3, -0.25) is 0 Å². The Labute approximate surface area is 133 Å². The van der Waals surface area contributed by atoms with E-state index in [9.17, 15) is 0 Å². The van der Waals surface area contributed by atoms with Gasteiger partial charge in [0.25, 0.3) is 0 Å². The molecule has 0 amide bonds. The normalized spacial score (nSPS) is 10.3. The van der Waals surface area contributed by atoms with E-state index in [0.717, 1.165) is 21.1 Å². The minimum absolute atomic E-state index is 0.583. The fraction of sp³-hybridized carbons (Fsp3) is 0.143. The van der Waals surface area contributed by atoms with Crippen LogP contribution in [0.5, 0.6) is 17.2 Å². The summed E-state index contributed by atoms with van der Waals surface area (Å²) in [5, 5.41) is 1.35. The van der Waals surface area contributed by atoms with Crippen LogP contribution in [0.15, 0.2) is 40.9 Å². The van der Waals surface area contributed by atoms with Gasteiger partial charge in [-0.05, 0) is 51.8 Å². The number of hydrogen-bond donors (Lipinski definition) is 0. The fourth-order valence-corrected chi connectivity index (χ4v) is 2.55. The first-order valence-electron chi connectivity index (χ1n) is 5.50. The van der Waals surface area contributed by atoms with Crippen LogP contribution in [-0.4, -0.2) is 7.11 Å². The van der Waals surface area contributed by atoms with Crippen molar-refractivity contribution >= 4 is 43.5 Å². The first-order valence-corrected chi connectivity index (χ1v) is 7.79. The van der Waals surface area contributed by atoms with Gasteiger partial charge in [-0.2, -0.15) is 0 Å². The van der Waals surface area contributed by atoms with Gasteiger partial charge in [0.1, 0.15) is 17.2 Å². The van der Waals surface area contributed by atoms with Crippen LogP contribution in [0.4, 0.5) is 0 Å². The Morgan fingerprint density at radius 1 is 1.11 bits per heavy atom. The van der Waals surface area contributed by atoms with E-state index >= 15 is 0 Å². The molecule has 0 unspecified atom stereocenters. The van der Waals surface area contributed by atoms with Crippen LogP contribution in [0.3, 0.4) is 0 Å². The quantitative estimate of drug-likeness (QED) is 0.598. The molecule has 0 N–H and O–H groups in total. The molecule has 2 aromatic carbocycles. The van der Waals surface area contributed by atoms with E-state index in [1.165, 1.54) is 0 Å². The van der Waals surface area contributed by atoms with Gasteiger partial charge in [0, 0.05) is 5.33 Å². The number of hydrogen-bond acceptors (Lipinski definition) is 2. The van der Waals surface area contributed by atoms with Crippen LogP contribution in [0, 0.1) is 0 Å². The van der Waals surface area contributed by atoms with Crippen molar-refractivity contribution in [3.63, 3.8) is 0 Å². The maximum atomic E-state index is 6.18. The highest BCUT2D eigenvalue weighted by Gasteiger charge is 2.08. The van der Waals surface area contributed by atoms with Crippen molar-refractivity contribution in [2.75, 3.05) is 7.11 Å². The van der Waals surface area contributed by atoms with E-state index in [1.54, 1.807) is 7.11 Å². The SMILES string of the molecule is COc1ccc(Oc2ccc(CBr)cc2Cl)c(Br)c1. The third-order valence-electron chi connectivity index (χ3n) is 2.51. The highest BCUT2D eigenvalue weighted by Crippen LogP contribution is 2.36. The molecule has 0 aliphatic rings. The van der Waals surface area contributed by atoms with Gasteiger partial charge in [0.2, 0.25) is 0 Å². The summed E-state index contributed by atoms with van der Waals surface area (Å²) in [4.78, 5) is 0. The van der Waals surface area contributed by atoms with Crippen molar-refractivity contribution in [1.29, 1.82) is 0 Å². The second-order valence-corrected chi connectivity index (χ2v) is 5.62. The average molecular weight is 407 g/mol. The van der Waals surface area contributed by atoms with Crippen molar-refractivity contribution in [2.45, 2.75) is 5.33 Å². The molecule has 0 aromatic heterocycles. The second kappa shape index (κ2) is 6.64. The molecule has 0 spiro atoms. The lowest BCUT2D eigenvalue weighted by Gasteiger charge is -2.11. The summed E-state index contributed by atoms with van der Waals surface area (Å²) in [6.07, 6.45) is 0. The van der Waals surface area contributed by atoms with Crippen LogP contribution in [0.2, 0.25) is 5.02 Å². The first-order chi connectivity index (χ1) is 9.13. The molecule has 0 radical (unpaired) electrons. The summed E-state index contributed by atoms with van der Waals surface area (Å²) < 4.78 is 11.7. The number of alkyl halides is 1. The summed E-state index contributed by atoms with van der Waals surface area (Å²) in [7, 11) is 1.62. The van der Waals surface area contributed by atoms with E-state index in [0.29, 0.717) is 16.5 Å². The molecule has 0 bridgehead atoms. The number of ether oxygens (including phenoxy) is 2. The molecule has 0 fully saturated rings. The monoisotopic (exact) mass is 404 g/mol. The van der Waals surface area contributed by atoms with Crippen molar-refractivity contribution in [2.24, 2.45) is 0 Å². The predicted molar refractivity (Wildman–Crippen MR) is 84.9 cm³/mol. The van der Waals surface area contributed by atoms with Gasteiger partial charge in [0.15, 0.2) is 0 Å². The molecule has 100 valence electrons. The molecule has 0 saturated carbocycles. The van der Waals surface area contributed by atoms with Crippen LogP contribution in [-0.2, 0) is 5.33 Å². The van der Waals surface area contributed by atoms with Gasteiger partial charge in [-0.25, -0.2) is 0 Å². The summed E-state index contributed by atoms with van der Waals surface area (Å²) in [6, 6.07) is 11.2. The highest BCUT2D eigenvalue weighted by atomic mass is 79.9. The Morgan fingerprint density at radius 3 is 2.42 bits per heavy atom. The Bertz CT molecular complexity index is 536. The van der Waals surface area contributed by atoms with Gasteiger partial charge >= 0.3 is 0 Å².